The molecule has 4 heteroatoms. The molecule has 0 aliphatic heterocycles. The van der Waals surface area contributed by atoms with Crippen LogP contribution in [0.2, 0.25) is 0 Å². The van der Waals surface area contributed by atoms with E-state index in [-0.39, 0.29) is 12.6 Å². The van der Waals surface area contributed by atoms with Crippen molar-refractivity contribution in [2.45, 2.75) is 19.5 Å². The first-order valence-corrected chi connectivity index (χ1v) is 6.82. The Morgan fingerprint density at radius 3 is 2.50 bits per heavy atom. The van der Waals surface area contributed by atoms with Gasteiger partial charge in [-0.25, -0.2) is 4.98 Å². The van der Waals surface area contributed by atoms with Gasteiger partial charge >= 0.3 is 0 Å². The maximum absolute atomic E-state index is 9.23. The lowest BCUT2D eigenvalue weighted by molar-refractivity contribution is 0.301. The highest BCUT2D eigenvalue weighted by molar-refractivity contribution is 5.41. The molecule has 1 aromatic heterocycles. The fourth-order valence-electron chi connectivity index (χ4n) is 2.05. The van der Waals surface area contributed by atoms with E-state index in [0.717, 1.165) is 17.9 Å². The van der Waals surface area contributed by atoms with Gasteiger partial charge in [0.2, 0.25) is 0 Å². The number of benzene rings is 1. The summed E-state index contributed by atoms with van der Waals surface area (Å²) in [7, 11) is 0. The molecule has 0 aliphatic carbocycles. The minimum absolute atomic E-state index is 0.0167. The van der Waals surface area contributed by atoms with Gasteiger partial charge in [-0.3, -0.25) is 0 Å². The Morgan fingerprint density at radius 1 is 1.20 bits per heavy atom. The number of aliphatic hydroxyl groups is 1. The van der Waals surface area contributed by atoms with Gasteiger partial charge < -0.3 is 15.7 Å². The lowest BCUT2D eigenvalue weighted by Crippen LogP contribution is -2.27. The number of hydrogen-bond donors (Lipinski definition) is 2. The molecule has 2 rings (SSSR count). The van der Waals surface area contributed by atoms with Crippen LogP contribution >= 0.6 is 0 Å². The molecule has 0 bridgehead atoms. The van der Waals surface area contributed by atoms with Crippen LogP contribution in [0.15, 0.2) is 48.7 Å². The van der Waals surface area contributed by atoms with Gasteiger partial charge in [0.05, 0.1) is 6.61 Å². The molecule has 0 spiro atoms. The summed E-state index contributed by atoms with van der Waals surface area (Å²) in [6, 6.07) is 14.1. The van der Waals surface area contributed by atoms with Crippen molar-refractivity contribution in [1.82, 2.24) is 4.98 Å². The lowest BCUT2D eigenvalue weighted by Gasteiger charge is -2.23. The zero-order valence-electron chi connectivity index (χ0n) is 11.7. The average molecular weight is 271 g/mol. The van der Waals surface area contributed by atoms with Crippen molar-refractivity contribution in [3.8, 4) is 0 Å². The normalized spacial score (nSPS) is 12.2. The standard InChI is InChI=1S/C16H21N3O/c1-13(17)15-7-8-16(18-11-15)19(9-10-20)12-14-5-3-2-4-6-14/h2-8,11,13,20H,9-10,12,17H2,1H3/t13-/m0/s1. The summed E-state index contributed by atoms with van der Waals surface area (Å²) in [5.74, 6) is 0.854. The molecule has 0 aliphatic rings. The van der Waals surface area contributed by atoms with E-state index in [1.807, 2.05) is 37.3 Å². The zero-order valence-corrected chi connectivity index (χ0v) is 11.7. The van der Waals surface area contributed by atoms with Gasteiger partial charge in [-0.05, 0) is 24.1 Å². The Morgan fingerprint density at radius 2 is 1.95 bits per heavy atom. The maximum atomic E-state index is 9.23. The smallest absolute Gasteiger partial charge is 0.128 e. The number of anilines is 1. The number of aliphatic hydroxyl groups excluding tert-OH is 1. The van der Waals surface area contributed by atoms with E-state index >= 15 is 0 Å². The Hall–Kier alpha value is -1.91. The molecular weight excluding hydrogens is 250 g/mol. The molecule has 0 radical (unpaired) electrons. The second-order valence-electron chi connectivity index (χ2n) is 4.87. The molecule has 3 N–H and O–H groups in total. The summed E-state index contributed by atoms with van der Waals surface area (Å²) in [5, 5.41) is 9.23. The SMILES string of the molecule is C[C@H](N)c1ccc(N(CCO)Cc2ccccc2)nc1. The van der Waals surface area contributed by atoms with Crippen LogP contribution in [0, 0.1) is 0 Å². The second-order valence-corrected chi connectivity index (χ2v) is 4.87. The van der Waals surface area contributed by atoms with Gasteiger partial charge in [-0.1, -0.05) is 36.4 Å². The highest BCUT2D eigenvalue weighted by Gasteiger charge is 2.09. The van der Waals surface area contributed by atoms with Gasteiger partial charge in [0.25, 0.3) is 0 Å². The van der Waals surface area contributed by atoms with E-state index < -0.39 is 0 Å². The summed E-state index contributed by atoms with van der Waals surface area (Å²) in [6.07, 6.45) is 1.80. The molecule has 2 aromatic rings. The van der Waals surface area contributed by atoms with E-state index in [1.165, 1.54) is 5.56 Å². The van der Waals surface area contributed by atoms with Crippen molar-refractivity contribution >= 4 is 5.82 Å². The Labute approximate surface area is 119 Å². The van der Waals surface area contributed by atoms with Crippen LogP contribution in [0.3, 0.4) is 0 Å². The summed E-state index contributed by atoms with van der Waals surface area (Å²) in [6.45, 7) is 3.32. The minimum atomic E-state index is -0.0167. The van der Waals surface area contributed by atoms with Crippen molar-refractivity contribution in [3.63, 3.8) is 0 Å². The first-order valence-electron chi connectivity index (χ1n) is 6.82. The van der Waals surface area contributed by atoms with Crippen LogP contribution in [0.1, 0.15) is 24.1 Å². The van der Waals surface area contributed by atoms with Crippen LogP contribution in [0.5, 0.6) is 0 Å². The van der Waals surface area contributed by atoms with Crippen molar-refractivity contribution in [3.05, 3.63) is 59.8 Å². The van der Waals surface area contributed by atoms with E-state index in [4.69, 9.17) is 5.73 Å². The first-order chi connectivity index (χ1) is 9.70. The highest BCUT2D eigenvalue weighted by atomic mass is 16.3. The minimum Gasteiger partial charge on any atom is -0.395 e. The first kappa shape index (κ1) is 14.5. The van der Waals surface area contributed by atoms with Crippen molar-refractivity contribution in [2.75, 3.05) is 18.1 Å². The molecule has 0 unspecified atom stereocenters. The molecule has 1 heterocycles. The van der Waals surface area contributed by atoms with E-state index in [9.17, 15) is 5.11 Å². The third-order valence-electron chi connectivity index (χ3n) is 3.21. The van der Waals surface area contributed by atoms with E-state index in [2.05, 4.69) is 22.0 Å². The summed E-state index contributed by atoms with van der Waals surface area (Å²) >= 11 is 0. The molecule has 106 valence electrons. The quantitative estimate of drug-likeness (QED) is 0.844. The number of hydrogen-bond acceptors (Lipinski definition) is 4. The van der Waals surface area contributed by atoms with Crippen LogP contribution < -0.4 is 10.6 Å². The van der Waals surface area contributed by atoms with E-state index in [1.54, 1.807) is 6.20 Å². The summed E-state index contributed by atoms with van der Waals surface area (Å²) < 4.78 is 0. The van der Waals surface area contributed by atoms with Crippen LogP contribution in [-0.4, -0.2) is 23.2 Å². The molecule has 0 amide bonds. The fraction of sp³-hybridized carbons (Fsp3) is 0.312. The summed E-state index contributed by atoms with van der Waals surface area (Å²) in [4.78, 5) is 6.51. The number of rotatable bonds is 6. The Kier molecular flexibility index (Phi) is 5.09. The van der Waals surface area contributed by atoms with Crippen LogP contribution in [0.4, 0.5) is 5.82 Å². The zero-order chi connectivity index (χ0) is 14.4. The molecule has 0 saturated heterocycles. The molecule has 4 nitrogen and oxygen atoms in total. The monoisotopic (exact) mass is 271 g/mol. The van der Waals surface area contributed by atoms with Crippen molar-refractivity contribution < 1.29 is 5.11 Å². The average Bonchev–Trinajstić information content (AvgIpc) is 2.48. The van der Waals surface area contributed by atoms with Gasteiger partial charge in [0.1, 0.15) is 5.82 Å². The lowest BCUT2D eigenvalue weighted by atomic mass is 10.1. The molecule has 20 heavy (non-hydrogen) atoms. The van der Waals surface area contributed by atoms with Gasteiger partial charge in [-0.2, -0.15) is 0 Å². The Bertz CT molecular complexity index is 511. The number of nitrogens with zero attached hydrogens (tertiary/aromatic N) is 2. The predicted octanol–water partition coefficient (Wildman–Crippen LogP) is 2.10. The van der Waals surface area contributed by atoms with E-state index in [0.29, 0.717) is 6.54 Å². The molecular formula is C16H21N3O. The second kappa shape index (κ2) is 7.03. The Balaban J connectivity index is 2.15. The van der Waals surface area contributed by atoms with Crippen LogP contribution in [-0.2, 0) is 6.54 Å². The third kappa shape index (κ3) is 3.79. The van der Waals surface area contributed by atoms with Gasteiger partial charge in [-0.15, -0.1) is 0 Å². The number of nitrogens with two attached hydrogens (primary N) is 1. The van der Waals surface area contributed by atoms with Crippen molar-refractivity contribution in [2.24, 2.45) is 5.73 Å². The predicted molar refractivity (Wildman–Crippen MR) is 81.4 cm³/mol. The topological polar surface area (TPSA) is 62.4 Å². The van der Waals surface area contributed by atoms with Gasteiger partial charge in [0.15, 0.2) is 0 Å². The fourth-order valence-corrected chi connectivity index (χ4v) is 2.05. The number of pyridine rings is 1. The van der Waals surface area contributed by atoms with Crippen LogP contribution in [0.25, 0.3) is 0 Å². The number of aromatic nitrogens is 1. The highest BCUT2D eigenvalue weighted by Crippen LogP contribution is 2.17. The summed E-state index contributed by atoms with van der Waals surface area (Å²) in [5.41, 5.74) is 8.03. The van der Waals surface area contributed by atoms with Gasteiger partial charge in [0, 0.05) is 25.3 Å². The third-order valence-corrected chi connectivity index (χ3v) is 3.21. The maximum Gasteiger partial charge on any atom is 0.128 e. The molecule has 1 atom stereocenters. The molecule has 0 saturated carbocycles. The van der Waals surface area contributed by atoms with Crippen molar-refractivity contribution in [1.29, 1.82) is 0 Å². The molecule has 0 fully saturated rings. The largest absolute Gasteiger partial charge is 0.395 e. The molecule has 1 aromatic carbocycles.